The number of nitrogens with zero attached hydrogens (tertiary/aromatic N) is 5. The Labute approximate surface area is 371 Å². The topological polar surface area (TPSA) is 209 Å². The monoisotopic (exact) mass is 868 g/mol. The van der Waals surface area contributed by atoms with Crippen molar-refractivity contribution in [1.82, 2.24) is 50.8 Å². The van der Waals surface area contributed by atoms with E-state index in [1.165, 1.54) is 14.2 Å². The van der Waals surface area contributed by atoms with E-state index in [9.17, 15) is 19.2 Å². The Morgan fingerprint density at radius 3 is 2.08 bits per heavy atom. The highest BCUT2D eigenvalue weighted by Crippen LogP contribution is 2.57. The molecular weight excluding hydrogens is 813 g/mol. The van der Waals surface area contributed by atoms with Crippen LogP contribution in [0.5, 0.6) is 0 Å². The molecule has 9 atom stereocenters. The van der Waals surface area contributed by atoms with E-state index in [2.05, 4.69) is 58.0 Å². The van der Waals surface area contributed by atoms with Crippen molar-refractivity contribution in [3.63, 3.8) is 0 Å². The largest absolute Gasteiger partial charge is 0.453 e. The van der Waals surface area contributed by atoms with Crippen molar-refractivity contribution in [2.45, 2.75) is 91.0 Å². The van der Waals surface area contributed by atoms with Gasteiger partial charge in [-0.05, 0) is 95.9 Å². The first-order valence-electron chi connectivity index (χ1n) is 22.3. The number of ether oxygens (including phenoxy) is 2. The van der Waals surface area contributed by atoms with E-state index in [4.69, 9.17) is 29.4 Å². The molecule has 6 aromatic rings. The first-order chi connectivity index (χ1) is 30.7. The van der Waals surface area contributed by atoms with Gasteiger partial charge < -0.3 is 40.3 Å². The van der Waals surface area contributed by atoms with Gasteiger partial charge in [-0.15, -0.1) is 0 Å². The van der Waals surface area contributed by atoms with E-state index in [0.29, 0.717) is 23.7 Å². The molecule has 16 heteroatoms. The number of nitrogens with one attached hydrogen (secondary N) is 5. The predicted octanol–water partition coefficient (Wildman–Crippen LogP) is 7.07. The lowest BCUT2D eigenvalue weighted by Crippen LogP contribution is -2.52. The summed E-state index contributed by atoms with van der Waals surface area (Å²) in [5.74, 6) is 2.57. The molecule has 4 amide bonds. The van der Waals surface area contributed by atoms with E-state index < -0.39 is 24.3 Å². The molecule has 334 valence electrons. The number of hydrogen-bond donors (Lipinski definition) is 5. The first kappa shape index (κ1) is 42.7. The summed E-state index contributed by atoms with van der Waals surface area (Å²) in [6.07, 6.45) is 2.99. The van der Waals surface area contributed by atoms with Crippen LogP contribution in [0.2, 0.25) is 0 Å². The fourth-order valence-corrected chi connectivity index (χ4v) is 9.86. The third kappa shape index (κ3) is 8.09. The molecule has 0 bridgehead atoms. The fourth-order valence-electron chi connectivity index (χ4n) is 9.86. The van der Waals surface area contributed by atoms with E-state index >= 15 is 0 Å². The molecular formula is C48H56N10O6. The van der Waals surface area contributed by atoms with E-state index in [0.717, 1.165) is 86.4 Å². The molecule has 5 N–H and O–H groups in total. The number of likely N-dealkylation sites (tertiary alicyclic amines) is 1. The first-order valence-corrected chi connectivity index (χ1v) is 22.3. The summed E-state index contributed by atoms with van der Waals surface area (Å²) in [6, 6.07) is 16.9. The van der Waals surface area contributed by atoms with Crippen LogP contribution in [-0.4, -0.2) is 97.2 Å². The van der Waals surface area contributed by atoms with Crippen molar-refractivity contribution < 1.29 is 28.7 Å². The van der Waals surface area contributed by atoms with Gasteiger partial charge in [0.05, 0.1) is 65.3 Å². The van der Waals surface area contributed by atoms with Gasteiger partial charge in [0.15, 0.2) is 0 Å². The predicted molar refractivity (Wildman–Crippen MR) is 242 cm³/mol. The molecule has 0 spiro atoms. The van der Waals surface area contributed by atoms with Gasteiger partial charge in [-0.3, -0.25) is 14.6 Å². The number of benzene rings is 3. The Bertz CT molecular complexity index is 2780. The second-order valence-corrected chi connectivity index (χ2v) is 18.5. The molecule has 2 aliphatic carbocycles. The number of imidazole rings is 2. The highest BCUT2D eigenvalue weighted by atomic mass is 16.5. The number of aryl methyl sites for hydroxylation is 1. The number of aromatic amines is 2. The Hall–Kier alpha value is -6.58. The van der Waals surface area contributed by atoms with E-state index in [1.807, 2.05) is 69.0 Å². The Morgan fingerprint density at radius 2 is 1.38 bits per heavy atom. The lowest BCUT2D eigenvalue weighted by molar-refractivity contribution is -0.137. The second-order valence-electron chi connectivity index (χ2n) is 18.5. The van der Waals surface area contributed by atoms with Crippen molar-refractivity contribution in [2.75, 3.05) is 14.2 Å². The van der Waals surface area contributed by atoms with Gasteiger partial charge in [0.25, 0.3) is 0 Å². The standard InChI is InChI=1S/C48H56N10O6/c1-22(2)40(56-47(61)63-7)45(59)55-42-24(5)29(42)12-16-39-51-32-14-10-27(18-35(32)52-39)26-9-13-31-34(17-26)49-21-37(50-31)28-11-15-33-36(19-28)54-44(53-33)38-20-30-25(6)43(30)58(38)46(60)41(23(3)4)57-48(62)64-8/h9-11,13-15,17-19,21-25,29-30,38,40-43H,12,16,20H2,1-8H3,(H,51,52)(H,53,54)(H,55,59)(H,56,61)(H,57,62). The lowest BCUT2D eigenvalue weighted by Gasteiger charge is -2.32. The number of carbonyl (C=O) groups excluding carboxylic acids is 4. The average molecular weight is 869 g/mol. The Balaban J connectivity index is 0.863. The normalized spacial score (nSPS) is 23.3. The third-order valence-corrected chi connectivity index (χ3v) is 13.8. The van der Waals surface area contributed by atoms with Crippen LogP contribution in [0, 0.1) is 35.5 Å². The summed E-state index contributed by atoms with van der Waals surface area (Å²) in [5.41, 5.74) is 8.69. The van der Waals surface area contributed by atoms with Gasteiger partial charge in [-0.2, -0.15) is 0 Å². The zero-order chi connectivity index (χ0) is 45.1. The van der Waals surface area contributed by atoms with Crippen molar-refractivity contribution in [1.29, 1.82) is 0 Å². The number of amides is 4. The number of methoxy groups -OCH3 is 2. The van der Waals surface area contributed by atoms with Crippen LogP contribution in [0.4, 0.5) is 9.59 Å². The van der Waals surface area contributed by atoms with Crippen LogP contribution < -0.4 is 16.0 Å². The van der Waals surface area contributed by atoms with Crippen LogP contribution in [0.1, 0.15) is 72.1 Å². The number of aromatic nitrogens is 6. The molecule has 9 unspecified atom stereocenters. The molecule has 16 nitrogen and oxygen atoms in total. The molecule has 1 aliphatic heterocycles. The summed E-state index contributed by atoms with van der Waals surface area (Å²) in [5, 5.41) is 8.54. The van der Waals surface area contributed by atoms with Gasteiger partial charge in [0, 0.05) is 24.1 Å². The molecule has 64 heavy (non-hydrogen) atoms. The summed E-state index contributed by atoms with van der Waals surface area (Å²) in [4.78, 5) is 79.6. The van der Waals surface area contributed by atoms with Gasteiger partial charge >= 0.3 is 12.2 Å². The molecule has 3 aromatic heterocycles. The van der Waals surface area contributed by atoms with Crippen LogP contribution in [0.25, 0.3) is 55.5 Å². The quantitative estimate of drug-likeness (QED) is 0.0798. The number of piperidine rings is 1. The summed E-state index contributed by atoms with van der Waals surface area (Å²) < 4.78 is 9.54. The SMILES string of the molecule is COC(=O)NC(C(=O)NC1C(C)C1CCc1nc2ccc(-c3ccc4nc(-c5ccc6nc(C7CC8C(C)C8N7C(=O)C(NC(=O)OC)C(C)C)[nH]c6c5)cnc4c3)cc2[nH]1)C(C)C. The maximum Gasteiger partial charge on any atom is 0.407 e. The van der Waals surface area contributed by atoms with Gasteiger partial charge in [-0.25, -0.2) is 24.5 Å². The maximum atomic E-state index is 14.0. The second kappa shape index (κ2) is 16.8. The molecule has 4 heterocycles. The zero-order valence-electron chi connectivity index (χ0n) is 37.4. The highest BCUT2D eigenvalue weighted by molar-refractivity contribution is 5.89. The maximum absolute atomic E-state index is 14.0. The number of hydrogen-bond acceptors (Lipinski definition) is 10. The highest BCUT2D eigenvalue weighted by Gasteiger charge is 2.61. The van der Waals surface area contributed by atoms with Crippen LogP contribution >= 0.6 is 0 Å². The van der Waals surface area contributed by atoms with Crippen molar-refractivity contribution in [3.05, 3.63) is 72.4 Å². The van der Waals surface area contributed by atoms with Gasteiger partial charge in [-0.1, -0.05) is 59.7 Å². The van der Waals surface area contributed by atoms with Crippen LogP contribution in [0.3, 0.4) is 0 Å². The summed E-state index contributed by atoms with van der Waals surface area (Å²) >= 11 is 0. The molecule has 0 radical (unpaired) electrons. The fraction of sp³-hybridized carbons (Fsp3) is 0.458. The van der Waals surface area contributed by atoms with Crippen molar-refractivity contribution >= 4 is 57.1 Å². The average Bonchev–Trinajstić information content (AvgIpc) is 3.76. The third-order valence-electron chi connectivity index (χ3n) is 13.8. The number of fused-ring (bicyclic) bond motifs is 4. The minimum atomic E-state index is -0.704. The molecule has 3 fully saturated rings. The number of carbonyl (C=O) groups is 4. The van der Waals surface area contributed by atoms with E-state index in [-0.39, 0.29) is 41.8 Å². The molecule has 3 aliphatic rings. The number of alkyl carbamates (subject to hydrolysis) is 2. The van der Waals surface area contributed by atoms with Crippen LogP contribution in [0.15, 0.2) is 60.8 Å². The lowest BCUT2D eigenvalue weighted by atomic mass is 10.0. The zero-order valence-corrected chi connectivity index (χ0v) is 37.4. The molecule has 3 aromatic carbocycles. The smallest absolute Gasteiger partial charge is 0.407 e. The Kier molecular flexibility index (Phi) is 11.2. The minimum Gasteiger partial charge on any atom is -0.453 e. The minimum absolute atomic E-state index is 0.0515. The molecule has 1 saturated heterocycles. The molecule has 2 saturated carbocycles. The Morgan fingerprint density at radius 1 is 0.750 bits per heavy atom. The van der Waals surface area contributed by atoms with Gasteiger partial charge in [0.2, 0.25) is 11.8 Å². The van der Waals surface area contributed by atoms with Crippen molar-refractivity contribution in [3.8, 4) is 22.4 Å². The number of rotatable bonds is 13. The summed E-state index contributed by atoms with van der Waals surface area (Å²) in [7, 11) is 2.59. The summed E-state index contributed by atoms with van der Waals surface area (Å²) in [6.45, 7) is 11.9. The molecule has 9 rings (SSSR count). The van der Waals surface area contributed by atoms with Crippen molar-refractivity contribution in [2.24, 2.45) is 35.5 Å². The van der Waals surface area contributed by atoms with Gasteiger partial charge in [0.1, 0.15) is 23.7 Å². The number of H-pyrrole nitrogens is 2. The van der Waals surface area contributed by atoms with Crippen LogP contribution in [-0.2, 0) is 25.5 Å². The van der Waals surface area contributed by atoms with E-state index in [1.54, 1.807) is 6.20 Å².